The molecular formula is C18H22O5. The maximum absolute atomic E-state index is 12.3. The van der Waals surface area contributed by atoms with Gasteiger partial charge in [0.15, 0.2) is 5.78 Å². The molecule has 1 aliphatic heterocycles. The summed E-state index contributed by atoms with van der Waals surface area (Å²) in [7, 11) is 0. The Morgan fingerprint density at radius 1 is 1.43 bits per heavy atom. The molecule has 0 aromatic heterocycles. The standard InChI is InChI=1S/C18H22O5/c1-3-5-14-12(11-19)6-8-15-16(20)10-13(23-18(14)15)7-9-17(21)22-4-2/h6-9,13,19H,3-5,10-11H2,1-2H3/b9-7-. The molecule has 0 saturated heterocycles. The fraction of sp³-hybridized carbons (Fsp3) is 0.444. The molecule has 0 saturated carbocycles. The van der Waals surface area contributed by atoms with E-state index in [2.05, 4.69) is 0 Å². The Balaban J connectivity index is 2.29. The van der Waals surface area contributed by atoms with Crippen LogP contribution >= 0.6 is 0 Å². The zero-order valence-corrected chi connectivity index (χ0v) is 13.5. The van der Waals surface area contributed by atoms with Gasteiger partial charge in [-0.05, 0) is 31.1 Å². The van der Waals surface area contributed by atoms with Crippen molar-refractivity contribution in [1.82, 2.24) is 0 Å². The van der Waals surface area contributed by atoms with Gasteiger partial charge in [-0.3, -0.25) is 4.79 Å². The number of aliphatic hydroxyl groups excluding tert-OH is 1. The Morgan fingerprint density at radius 2 is 2.22 bits per heavy atom. The zero-order valence-electron chi connectivity index (χ0n) is 13.5. The summed E-state index contributed by atoms with van der Waals surface area (Å²) in [4.78, 5) is 23.7. The molecule has 124 valence electrons. The van der Waals surface area contributed by atoms with Crippen molar-refractivity contribution in [2.24, 2.45) is 0 Å². The maximum Gasteiger partial charge on any atom is 0.330 e. The van der Waals surface area contributed by atoms with Crippen LogP contribution in [0.3, 0.4) is 0 Å². The molecule has 1 heterocycles. The molecular weight excluding hydrogens is 296 g/mol. The van der Waals surface area contributed by atoms with Crippen LogP contribution < -0.4 is 4.74 Å². The average Bonchev–Trinajstić information content (AvgIpc) is 2.54. The van der Waals surface area contributed by atoms with Crippen molar-refractivity contribution in [3.05, 3.63) is 41.0 Å². The second-order valence-corrected chi connectivity index (χ2v) is 5.38. The lowest BCUT2D eigenvalue weighted by Gasteiger charge is -2.26. The Hall–Kier alpha value is -2.14. The quantitative estimate of drug-likeness (QED) is 0.645. The van der Waals surface area contributed by atoms with Crippen LogP contribution in [0.25, 0.3) is 0 Å². The van der Waals surface area contributed by atoms with E-state index in [9.17, 15) is 14.7 Å². The van der Waals surface area contributed by atoms with Crippen LogP contribution in [0.1, 0.15) is 48.2 Å². The summed E-state index contributed by atoms with van der Waals surface area (Å²) in [6.45, 7) is 3.97. The lowest BCUT2D eigenvalue weighted by Crippen LogP contribution is -2.26. The van der Waals surface area contributed by atoms with E-state index in [0.717, 1.165) is 24.0 Å². The summed E-state index contributed by atoms with van der Waals surface area (Å²) in [6.07, 6.45) is 4.14. The number of carbonyl (C=O) groups excluding carboxylic acids is 2. The Labute approximate surface area is 135 Å². The smallest absolute Gasteiger partial charge is 0.330 e. The lowest BCUT2D eigenvalue weighted by atomic mass is 9.93. The number of Topliss-reactive ketones (excluding diaryl/α,β-unsaturated/α-hetero) is 1. The molecule has 1 unspecified atom stereocenters. The summed E-state index contributed by atoms with van der Waals surface area (Å²) < 4.78 is 10.8. The van der Waals surface area contributed by atoms with E-state index in [4.69, 9.17) is 9.47 Å². The molecule has 1 atom stereocenters. The van der Waals surface area contributed by atoms with Crippen molar-refractivity contribution in [3.63, 3.8) is 0 Å². The summed E-state index contributed by atoms with van der Waals surface area (Å²) in [6, 6.07) is 3.48. The highest BCUT2D eigenvalue weighted by atomic mass is 16.5. The van der Waals surface area contributed by atoms with Crippen molar-refractivity contribution in [2.75, 3.05) is 6.61 Å². The third-order valence-corrected chi connectivity index (χ3v) is 3.72. The number of hydrogen-bond acceptors (Lipinski definition) is 5. The van der Waals surface area contributed by atoms with Crippen molar-refractivity contribution >= 4 is 11.8 Å². The van der Waals surface area contributed by atoms with Gasteiger partial charge in [-0.1, -0.05) is 19.4 Å². The molecule has 23 heavy (non-hydrogen) atoms. The van der Waals surface area contributed by atoms with E-state index in [1.165, 1.54) is 6.08 Å². The Bertz CT molecular complexity index is 618. The summed E-state index contributed by atoms with van der Waals surface area (Å²) >= 11 is 0. The lowest BCUT2D eigenvalue weighted by molar-refractivity contribution is -0.137. The number of rotatable bonds is 6. The molecule has 0 spiro atoms. The molecule has 1 aliphatic rings. The monoisotopic (exact) mass is 318 g/mol. The number of fused-ring (bicyclic) bond motifs is 1. The van der Waals surface area contributed by atoms with E-state index < -0.39 is 12.1 Å². The number of ketones is 1. The zero-order chi connectivity index (χ0) is 16.8. The van der Waals surface area contributed by atoms with Gasteiger partial charge in [0.2, 0.25) is 0 Å². The fourth-order valence-corrected chi connectivity index (χ4v) is 2.66. The fourth-order valence-electron chi connectivity index (χ4n) is 2.66. The largest absolute Gasteiger partial charge is 0.485 e. The highest BCUT2D eigenvalue weighted by Gasteiger charge is 2.28. The maximum atomic E-state index is 12.3. The number of carbonyl (C=O) groups is 2. The van der Waals surface area contributed by atoms with Gasteiger partial charge in [0.05, 0.1) is 25.2 Å². The van der Waals surface area contributed by atoms with Gasteiger partial charge in [0.1, 0.15) is 11.9 Å². The molecule has 0 aliphatic carbocycles. The number of hydrogen-bond donors (Lipinski definition) is 1. The molecule has 0 amide bonds. The third kappa shape index (κ3) is 3.99. The number of aliphatic hydroxyl groups is 1. The summed E-state index contributed by atoms with van der Waals surface area (Å²) in [5, 5.41) is 9.50. The van der Waals surface area contributed by atoms with Gasteiger partial charge < -0.3 is 14.6 Å². The van der Waals surface area contributed by atoms with Crippen LogP contribution in [-0.2, 0) is 22.6 Å². The molecule has 0 bridgehead atoms. The van der Waals surface area contributed by atoms with Gasteiger partial charge in [-0.2, -0.15) is 0 Å². The minimum atomic E-state index is -0.496. The van der Waals surface area contributed by atoms with Crippen molar-refractivity contribution < 1.29 is 24.2 Å². The van der Waals surface area contributed by atoms with E-state index >= 15 is 0 Å². The SMILES string of the molecule is CCCc1c(CO)ccc2c1OC(/C=C\C(=O)OCC)CC2=O. The second-order valence-electron chi connectivity index (χ2n) is 5.38. The highest BCUT2D eigenvalue weighted by molar-refractivity contribution is 6.00. The summed E-state index contributed by atoms with van der Waals surface area (Å²) in [5.74, 6) is 0.0620. The Kier molecular flexibility index (Phi) is 5.93. The van der Waals surface area contributed by atoms with Crippen LogP contribution in [0.4, 0.5) is 0 Å². The Morgan fingerprint density at radius 3 is 2.87 bits per heavy atom. The molecule has 5 heteroatoms. The van der Waals surface area contributed by atoms with Gasteiger partial charge in [-0.15, -0.1) is 0 Å². The molecule has 0 radical (unpaired) electrons. The minimum Gasteiger partial charge on any atom is -0.485 e. The molecule has 2 rings (SSSR count). The highest BCUT2D eigenvalue weighted by Crippen LogP contribution is 2.35. The van der Waals surface area contributed by atoms with Crippen LogP contribution in [0.5, 0.6) is 5.75 Å². The predicted octanol–water partition coefficient (Wildman–Crippen LogP) is 2.58. The predicted molar refractivity (Wildman–Crippen MR) is 85.5 cm³/mol. The first kappa shape index (κ1) is 17.2. The van der Waals surface area contributed by atoms with Crippen molar-refractivity contribution in [3.8, 4) is 5.75 Å². The number of benzene rings is 1. The van der Waals surface area contributed by atoms with E-state index in [0.29, 0.717) is 17.9 Å². The second kappa shape index (κ2) is 7.92. The topological polar surface area (TPSA) is 72.8 Å². The first-order chi connectivity index (χ1) is 11.1. The molecule has 1 N–H and O–H groups in total. The van der Waals surface area contributed by atoms with Crippen LogP contribution in [-0.4, -0.2) is 29.6 Å². The minimum absolute atomic E-state index is 0.0217. The van der Waals surface area contributed by atoms with Crippen molar-refractivity contribution in [2.45, 2.75) is 45.8 Å². The molecule has 1 aromatic carbocycles. The van der Waals surface area contributed by atoms with Crippen LogP contribution in [0.15, 0.2) is 24.3 Å². The van der Waals surface area contributed by atoms with E-state index in [1.807, 2.05) is 6.92 Å². The number of ether oxygens (including phenoxy) is 2. The first-order valence-electron chi connectivity index (χ1n) is 7.91. The van der Waals surface area contributed by atoms with Gasteiger partial charge in [0.25, 0.3) is 0 Å². The molecule has 1 aromatic rings. The number of esters is 1. The first-order valence-corrected chi connectivity index (χ1v) is 7.91. The third-order valence-electron chi connectivity index (χ3n) is 3.72. The van der Waals surface area contributed by atoms with Gasteiger partial charge in [-0.25, -0.2) is 4.79 Å². The van der Waals surface area contributed by atoms with E-state index in [1.54, 1.807) is 25.1 Å². The van der Waals surface area contributed by atoms with Crippen LogP contribution in [0, 0.1) is 0 Å². The van der Waals surface area contributed by atoms with Crippen LogP contribution in [0.2, 0.25) is 0 Å². The molecule has 5 nitrogen and oxygen atoms in total. The average molecular weight is 318 g/mol. The van der Waals surface area contributed by atoms with Gasteiger partial charge in [0, 0.05) is 11.6 Å². The van der Waals surface area contributed by atoms with Crippen molar-refractivity contribution in [1.29, 1.82) is 0 Å². The van der Waals surface area contributed by atoms with Gasteiger partial charge >= 0.3 is 5.97 Å². The van der Waals surface area contributed by atoms with E-state index in [-0.39, 0.29) is 18.8 Å². The molecule has 0 fully saturated rings. The summed E-state index contributed by atoms with van der Waals surface area (Å²) in [5.41, 5.74) is 2.19. The normalized spacial score (nSPS) is 17.0.